The monoisotopic (exact) mass is 365 g/mol. The Kier molecular flexibility index (Phi) is 4.42. The highest BCUT2D eigenvalue weighted by molar-refractivity contribution is 7.89. The highest BCUT2D eigenvalue weighted by Gasteiger charge is 2.27. The van der Waals surface area contributed by atoms with Gasteiger partial charge in [-0.3, -0.25) is 0 Å². The third-order valence-electron chi connectivity index (χ3n) is 3.62. The summed E-state index contributed by atoms with van der Waals surface area (Å²) in [6.45, 7) is 0.0984. The van der Waals surface area contributed by atoms with Crippen LogP contribution in [0.5, 0.6) is 0 Å². The first-order chi connectivity index (χ1) is 11.4. The van der Waals surface area contributed by atoms with Gasteiger partial charge in [0.15, 0.2) is 0 Å². The number of carbonyl (C=O) groups is 1. The van der Waals surface area contributed by atoms with E-state index in [0.717, 1.165) is 0 Å². The highest BCUT2D eigenvalue weighted by Crippen LogP contribution is 2.33. The predicted molar refractivity (Wildman–Crippen MR) is 87.8 cm³/mol. The lowest BCUT2D eigenvalue weighted by Crippen LogP contribution is -2.19. The summed E-state index contributed by atoms with van der Waals surface area (Å²) in [7, 11) is -3.94. The number of carbonyl (C=O) groups excluding carboxylic acids is 1. The summed E-state index contributed by atoms with van der Waals surface area (Å²) < 4.78 is 28.2. The number of hydrogen-bond donors (Lipinski definition) is 2. The van der Waals surface area contributed by atoms with Crippen LogP contribution >= 0.6 is 11.6 Å². The van der Waals surface area contributed by atoms with E-state index in [-0.39, 0.29) is 11.5 Å². The summed E-state index contributed by atoms with van der Waals surface area (Å²) in [5, 5.41) is 9.21. The molecule has 0 amide bonds. The molecule has 124 valence electrons. The van der Waals surface area contributed by atoms with Crippen molar-refractivity contribution in [3.05, 3.63) is 64.7 Å². The normalized spacial score (nSPS) is 14.8. The Labute approximate surface area is 143 Å². The number of halogens is 1. The van der Waals surface area contributed by atoms with Gasteiger partial charge in [0.05, 0.1) is 10.5 Å². The van der Waals surface area contributed by atoms with Crippen molar-refractivity contribution in [3.8, 4) is 0 Å². The van der Waals surface area contributed by atoms with Gasteiger partial charge < -0.3 is 9.94 Å². The maximum absolute atomic E-state index is 12.1. The van der Waals surface area contributed by atoms with E-state index in [1.807, 2.05) is 0 Å². The number of benzene rings is 2. The van der Waals surface area contributed by atoms with Crippen molar-refractivity contribution in [1.82, 2.24) is 4.89 Å². The van der Waals surface area contributed by atoms with Crippen molar-refractivity contribution in [1.29, 1.82) is 0 Å². The Bertz CT molecular complexity index is 918. The van der Waals surface area contributed by atoms with E-state index in [1.165, 1.54) is 17.0 Å². The van der Waals surface area contributed by atoms with E-state index in [0.29, 0.717) is 27.3 Å². The Morgan fingerprint density at radius 3 is 2.17 bits per heavy atom. The first-order valence-electron chi connectivity index (χ1n) is 6.85. The average molecular weight is 366 g/mol. The van der Waals surface area contributed by atoms with Crippen molar-refractivity contribution in [2.75, 3.05) is 6.61 Å². The molecule has 1 heterocycles. The van der Waals surface area contributed by atoms with Crippen molar-refractivity contribution >= 4 is 38.7 Å². The summed E-state index contributed by atoms with van der Waals surface area (Å²) in [6, 6.07) is 12.6. The molecule has 0 spiro atoms. The number of hydrogen-bond acceptors (Lipinski definition) is 5. The predicted octanol–water partition coefficient (Wildman–Crippen LogP) is 2.48. The van der Waals surface area contributed by atoms with E-state index in [2.05, 4.69) is 0 Å². The Hall–Kier alpha value is -2.19. The molecule has 2 aromatic rings. The van der Waals surface area contributed by atoms with Crippen LogP contribution in [0, 0.1) is 0 Å². The first-order valence-corrected chi connectivity index (χ1v) is 8.71. The van der Waals surface area contributed by atoms with Gasteiger partial charge >= 0.3 is 5.97 Å². The van der Waals surface area contributed by atoms with Gasteiger partial charge in [0.1, 0.15) is 6.61 Å². The molecule has 24 heavy (non-hydrogen) atoms. The summed E-state index contributed by atoms with van der Waals surface area (Å²) in [5.41, 5.74) is 2.40. The fraction of sp³-hybridized carbons (Fsp3) is 0.0625. The maximum atomic E-state index is 12.1. The third-order valence-corrected chi connectivity index (χ3v) is 5.00. The molecule has 0 atom stereocenters. The van der Waals surface area contributed by atoms with Gasteiger partial charge in [-0.25, -0.2) is 13.2 Å². The molecule has 0 aromatic heterocycles. The van der Waals surface area contributed by atoms with E-state index in [1.54, 1.807) is 36.4 Å². The van der Waals surface area contributed by atoms with E-state index >= 15 is 0 Å². The lowest BCUT2D eigenvalue weighted by atomic mass is 9.97. The van der Waals surface area contributed by atoms with Gasteiger partial charge in [-0.15, -0.1) is 0 Å². The molecule has 0 unspecified atom stereocenters. The smallest absolute Gasteiger partial charge is 0.339 e. The van der Waals surface area contributed by atoms with Crippen molar-refractivity contribution in [2.45, 2.75) is 4.90 Å². The van der Waals surface area contributed by atoms with Crippen LogP contribution in [0.1, 0.15) is 11.1 Å². The van der Waals surface area contributed by atoms with Gasteiger partial charge in [0.25, 0.3) is 10.0 Å². The standard InChI is InChI=1S/C16H12ClNO5S/c17-12-5-1-11(2-6-12)15-14(9-23-16(15)19)10-3-7-13(8-4-10)24(21,22)18-20/h1-8,18,20H,9H2. The molecule has 1 aliphatic rings. The number of ether oxygens (including phenoxy) is 1. The van der Waals surface area contributed by atoms with E-state index in [9.17, 15) is 13.2 Å². The van der Waals surface area contributed by atoms with Gasteiger partial charge in [-0.05, 0) is 35.4 Å². The molecule has 0 saturated carbocycles. The molecule has 3 rings (SSSR count). The third kappa shape index (κ3) is 3.07. The van der Waals surface area contributed by atoms with Crippen LogP contribution in [0.3, 0.4) is 0 Å². The molecule has 0 radical (unpaired) electrons. The SMILES string of the molecule is O=C1OCC(c2ccc(S(=O)(=O)NO)cc2)=C1c1ccc(Cl)cc1. The Balaban J connectivity index is 2.06. The molecule has 0 fully saturated rings. The topological polar surface area (TPSA) is 92.7 Å². The largest absolute Gasteiger partial charge is 0.457 e. The minimum atomic E-state index is -3.94. The molecular formula is C16H12ClNO5S. The van der Waals surface area contributed by atoms with E-state index < -0.39 is 16.0 Å². The van der Waals surface area contributed by atoms with Crippen molar-refractivity contribution in [2.24, 2.45) is 0 Å². The second-order valence-electron chi connectivity index (χ2n) is 5.06. The highest BCUT2D eigenvalue weighted by atomic mass is 35.5. The lowest BCUT2D eigenvalue weighted by molar-refractivity contribution is -0.133. The van der Waals surface area contributed by atoms with Gasteiger partial charge in [-0.1, -0.05) is 40.8 Å². The minimum Gasteiger partial charge on any atom is -0.457 e. The number of nitrogens with one attached hydrogen (secondary N) is 1. The summed E-state index contributed by atoms with van der Waals surface area (Å²) in [5.74, 6) is -0.443. The first kappa shape index (κ1) is 16.7. The molecule has 1 aliphatic heterocycles. The zero-order chi connectivity index (χ0) is 17.3. The number of esters is 1. The Morgan fingerprint density at radius 2 is 1.58 bits per heavy atom. The van der Waals surface area contributed by atoms with Crippen molar-refractivity contribution < 1.29 is 23.2 Å². The van der Waals surface area contributed by atoms with Crippen molar-refractivity contribution in [3.63, 3.8) is 0 Å². The molecule has 6 nitrogen and oxygen atoms in total. The molecule has 0 bridgehead atoms. The zero-order valence-corrected chi connectivity index (χ0v) is 13.8. The minimum absolute atomic E-state index is 0.0902. The molecule has 2 N–H and O–H groups in total. The maximum Gasteiger partial charge on any atom is 0.339 e. The quantitative estimate of drug-likeness (QED) is 0.641. The van der Waals surface area contributed by atoms with Crippen LogP contribution in [-0.2, 0) is 19.6 Å². The number of rotatable bonds is 4. The Morgan fingerprint density at radius 1 is 1.00 bits per heavy atom. The van der Waals surface area contributed by atoms with Crippen LogP contribution in [0.2, 0.25) is 5.02 Å². The van der Waals surface area contributed by atoms with Gasteiger partial charge in [0, 0.05) is 10.6 Å². The zero-order valence-electron chi connectivity index (χ0n) is 12.2. The van der Waals surface area contributed by atoms with E-state index in [4.69, 9.17) is 21.5 Å². The summed E-state index contributed by atoms with van der Waals surface area (Å²) in [6.07, 6.45) is 0. The lowest BCUT2D eigenvalue weighted by Gasteiger charge is -2.06. The molecule has 2 aromatic carbocycles. The molecule has 8 heteroatoms. The summed E-state index contributed by atoms with van der Waals surface area (Å²) in [4.78, 5) is 13.2. The summed E-state index contributed by atoms with van der Waals surface area (Å²) >= 11 is 5.87. The second-order valence-corrected chi connectivity index (χ2v) is 7.15. The molecular weight excluding hydrogens is 354 g/mol. The van der Waals surface area contributed by atoms with Gasteiger partial charge in [-0.2, -0.15) is 0 Å². The van der Waals surface area contributed by atoms with Crippen LogP contribution in [0.25, 0.3) is 11.1 Å². The van der Waals surface area contributed by atoms with Crippen LogP contribution in [0.15, 0.2) is 53.4 Å². The molecule has 0 aliphatic carbocycles. The van der Waals surface area contributed by atoms with Crippen LogP contribution < -0.4 is 4.89 Å². The number of sulfonamides is 1. The number of cyclic esters (lactones) is 1. The average Bonchev–Trinajstić information content (AvgIpc) is 2.97. The molecule has 0 saturated heterocycles. The second kappa shape index (κ2) is 6.37. The van der Waals surface area contributed by atoms with Crippen LogP contribution in [0.4, 0.5) is 0 Å². The van der Waals surface area contributed by atoms with Crippen LogP contribution in [-0.4, -0.2) is 26.2 Å². The fourth-order valence-corrected chi connectivity index (χ4v) is 3.16. The van der Waals surface area contributed by atoms with Gasteiger partial charge in [0.2, 0.25) is 0 Å². The fourth-order valence-electron chi connectivity index (χ4n) is 2.43.